The minimum absolute atomic E-state index is 0.0990. The van der Waals surface area contributed by atoms with E-state index in [1.807, 2.05) is 42.5 Å². The zero-order valence-corrected chi connectivity index (χ0v) is 12.6. The normalized spacial score (nSPS) is 16.6. The quantitative estimate of drug-likeness (QED) is 0.907. The monoisotopic (exact) mass is 307 g/mol. The van der Waals surface area contributed by atoms with Gasteiger partial charge in [0.2, 0.25) is 0 Å². The molecule has 0 radical (unpaired) electrons. The average molecular weight is 307 g/mol. The van der Waals surface area contributed by atoms with Crippen molar-refractivity contribution in [3.05, 3.63) is 54.1 Å². The Kier molecular flexibility index (Phi) is 4.55. The van der Waals surface area contributed by atoms with Crippen molar-refractivity contribution < 1.29 is 9.53 Å². The summed E-state index contributed by atoms with van der Waals surface area (Å²) >= 11 is 0. The number of rotatable bonds is 4. The van der Waals surface area contributed by atoms with Crippen molar-refractivity contribution in [1.82, 2.24) is 0 Å². The van der Waals surface area contributed by atoms with E-state index in [0.717, 1.165) is 29.9 Å². The molecule has 1 saturated heterocycles. The number of amides is 1. The van der Waals surface area contributed by atoms with Gasteiger partial charge < -0.3 is 15.4 Å². The third kappa shape index (κ3) is 3.68. The minimum Gasteiger partial charge on any atom is -0.368 e. The van der Waals surface area contributed by atoms with Crippen LogP contribution in [-0.2, 0) is 9.53 Å². The second kappa shape index (κ2) is 6.95. The molecule has 0 spiro atoms. The van der Waals surface area contributed by atoms with E-state index in [0.29, 0.717) is 12.2 Å². The Balaban J connectivity index is 1.65. The Labute approximate surface area is 134 Å². The lowest BCUT2D eigenvalue weighted by molar-refractivity contribution is -0.124. The van der Waals surface area contributed by atoms with Crippen molar-refractivity contribution in [1.29, 1.82) is 5.26 Å². The summed E-state index contributed by atoms with van der Waals surface area (Å²) in [4.78, 5) is 12.0. The molecular formula is C18H17N3O2. The molecule has 1 unspecified atom stereocenters. The summed E-state index contributed by atoms with van der Waals surface area (Å²) in [5, 5.41) is 15.1. The van der Waals surface area contributed by atoms with E-state index in [-0.39, 0.29) is 12.0 Å². The smallest absolute Gasteiger partial charge is 0.253 e. The van der Waals surface area contributed by atoms with Crippen LogP contribution in [0.3, 0.4) is 0 Å². The zero-order chi connectivity index (χ0) is 16.1. The number of benzene rings is 2. The van der Waals surface area contributed by atoms with E-state index in [1.54, 1.807) is 6.07 Å². The molecule has 5 nitrogen and oxygen atoms in total. The molecule has 2 N–H and O–H groups in total. The number of hydrogen-bond acceptors (Lipinski definition) is 4. The van der Waals surface area contributed by atoms with Crippen LogP contribution in [-0.4, -0.2) is 18.6 Å². The van der Waals surface area contributed by atoms with Gasteiger partial charge in [0.1, 0.15) is 12.2 Å². The van der Waals surface area contributed by atoms with E-state index in [2.05, 4.69) is 16.7 Å². The molecule has 116 valence electrons. The molecule has 0 saturated carbocycles. The molecule has 2 aromatic carbocycles. The molecule has 1 amide bonds. The number of nitriles is 1. The number of anilines is 3. The molecule has 3 rings (SSSR count). The lowest BCUT2D eigenvalue weighted by Crippen LogP contribution is -2.26. The highest BCUT2D eigenvalue weighted by Gasteiger charge is 2.23. The van der Waals surface area contributed by atoms with Gasteiger partial charge in [0.15, 0.2) is 0 Å². The highest BCUT2D eigenvalue weighted by atomic mass is 16.5. The van der Waals surface area contributed by atoms with E-state index in [9.17, 15) is 4.79 Å². The summed E-state index contributed by atoms with van der Waals surface area (Å²) in [7, 11) is 0. The molecular weight excluding hydrogens is 290 g/mol. The standard InChI is InChI=1S/C18H17N3O2/c19-12-13-4-1-2-5-16(13)20-14-7-9-15(10-8-14)21-18(22)17-6-3-11-23-17/h1-2,4-5,7-10,17,20H,3,6,11H2,(H,21,22). The van der Waals surface area contributed by atoms with Gasteiger partial charge in [-0.3, -0.25) is 4.79 Å². The van der Waals surface area contributed by atoms with E-state index in [1.165, 1.54) is 0 Å². The highest BCUT2D eigenvalue weighted by Crippen LogP contribution is 2.22. The second-order valence-electron chi connectivity index (χ2n) is 5.35. The first-order valence-corrected chi connectivity index (χ1v) is 7.55. The summed E-state index contributed by atoms with van der Waals surface area (Å²) < 4.78 is 5.36. The van der Waals surface area contributed by atoms with Gasteiger partial charge in [-0.15, -0.1) is 0 Å². The van der Waals surface area contributed by atoms with Crippen LogP contribution in [0, 0.1) is 11.3 Å². The lowest BCUT2D eigenvalue weighted by Gasteiger charge is -2.12. The fraction of sp³-hybridized carbons (Fsp3) is 0.222. The van der Waals surface area contributed by atoms with Crippen molar-refractivity contribution in [3.8, 4) is 6.07 Å². The Morgan fingerprint density at radius 1 is 1.13 bits per heavy atom. The fourth-order valence-electron chi connectivity index (χ4n) is 2.49. The predicted octanol–water partition coefficient (Wildman–Crippen LogP) is 3.42. The first kappa shape index (κ1) is 15.1. The maximum absolute atomic E-state index is 12.0. The molecule has 0 aromatic heterocycles. The maximum atomic E-state index is 12.0. The number of hydrogen-bond donors (Lipinski definition) is 2. The molecule has 2 aromatic rings. The van der Waals surface area contributed by atoms with Crippen molar-refractivity contribution >= 4 is 23.0 Å². The minimum atomic E-state index is -0.338. The summed E-state index contributed by atoms with van der Waals surface area (Å²) in [6.07, 6.45) is 1.37. The van der Waals surface area contributed by atoms with Gasteiger partial charge in [0.05, 0.1) is 11.3 Å². The van der Waals surface area contributed by atoms with Gasteiger partial charge in [-0.1, -0.05) is 12.1 Å². The molecule has 1 aliphatic heterocycles. The first-order valence-electron chi connectivity index (χ1n) is 7.55. The van der Waals surface area contributed by atoms with Crippen LogP contribution >= 0.6 is 0 Å². The van der Waals surface area contributed by atoms with Crippen LogP contribution in [0.25, 0.3) is 0 Å². The molecule has 1 heterocycles. The van der Waals surface area contributed by atoms with Crippen molar-refractivity contribution in [2.45, 2.75) is 18.9 Å². The number of nitrogens with zero attached hydrogens (tertiary/aromatic N) is 1. The van der Waals surface area contributed by atoms with Crippen LogP contribution in [0.15, 0.2) is 48.5 Å². The number of carbonyl (C=O) groups is 1. The van der Waals surface area contributed by atoms with Gasteiger partial charge >= 0.3 is 0 Å². The number of ether oxygens (including phenoxy) is 1. The topological polar surface area (TPSA) is 74.2 Å². The molecule has 0 aliphatic carbocycles. The van der Waals surface area contributed by atoms with E-state index >= 15 is 0 Å². The largest absolute Gasteiger partial charge is 0.368 e. The van der Waals surface area contributed by atoms with Crippen molar-refractivity contribution in [3.63, 3.8) is 0 Å². The molecule has 5 heteroatoms. The van der Waals surface area contributed by atoms with Gasteiger partial charge in [0, 0.05) is 18.0 Å². The Bertz CT molecular complexity index is 729. The zero-order valence-electron chi connectivity index (χ0n) is 12.6. The number of nitrogens with one attached hydrogen (secondary N) is 2. The second-order valence-corrected chi connectivity index (χ2v) is 5.35. The van der Waals surface area contributed by atoms with Crippen molar-refractivity contribution in [2.24, 2.45) is 0 Å². The number of para-hydroxylation sites is 1. The van der Waals surface area contributed by atoms with E-state index in [4.69, 9.17) is 10.00 Å². The Hall–Kier alpha value is -2.84. The predicted molar refractivity (Wildman–Crippen MR) is 88.5 cm³/mol. The van der Waals surface area contributed by atoms with Crippen LogP contribution in [0.4, 0.5) is 17.1 Å². The molecule has 1 aliphatic rings. The molecule has 1 atom stereocenters. The van der Waals surface area contributed by atoms with Crippen LogP contribution in [0.1, 0.15) is 18.4 Å². The van der Waals surface area contributed by atoms with Gasteiger partial charge in [-0.05, 0) is 49.2 Å². The molecule has 23 heavy (non-hydrogen) atoms. The SMILES string of the molecule is N#Cc1ccccc1Nc1ccc(NC(=O)C2CCCO2)cc1. The summed E-state index contributed by atoms with van der Waals surface area (Å²) in [6.45, 7) is 0.652. The average Bonchev–Trinajstić information content (AvgIpc) is 3.12. The highest BCUT2D eigenvalue weighted by molar-refractivity contribution is 5.94. The molecule has 1 fully saturated rings. The third-order valence-corrected chi connectivity index (χ3v) is 3.70. The summed E-state index contributed by atoms with van der Waals surface area (Å²) in [6, 6.07) is 16.8. The Morgan fingerprint density at radius 3 is 2.57 bits per heavy atom. The van der Waals surface area contributed by atoms with Gasteiger partial charge in [-0.2, -0.15) is 5.26 Å². The first-order chi connectivity index (χ1) is 11.3. The van der Waals surface area contributed by atoms with Gasteiger partial charge in [-0.25, -0.2) is 0 Å². The maximum Gasteiger partial charge on any atom is 0.253 e. The van der Waals surface area contributed by atoms with Gasteiger partial charge in [0.25, 0.3) is 5.91 Å². The van der Waals surface area contributed by atoms with Crippen LogP contribution < -0.4 is 10.6 Å². The number of carbonyl (C=O) groups excluding carboxylic acids is 1. The Morgan fingerprint density at radius 2 is 1.87 bits per heavy atom. The van der Waals surface area contributed by atoms with Crippen LogP contribution in [0.5, 0.6) is 0 Å². The van der Waals surface area contributed by atoms with Crippen LogP contribution in [0.2, 0.25) is 0 Å². The van der Waals surface area contributed by atoms with Crippen molar-refractivity contribution in [2.75, 3.05) is 17.2 Å². The lowest BCUT2D eigenvalue weighted by atomic mass is 10.2. The summed E-state index contributed by atoms with van der Waals surface area (Å²) in [5.41, 5.74) is 2.92. The van der Waals surface area contributed by atoms with E-state index < -0.39 is 0 Å². The summed E-state index contributed by atoms with van der Waals surface area (Å²) in [5.74, 6) is -0.0990. The fourth-order valence-corrected chi connectivity index (χ4v) is 2.49. The molecule has 0 bridgehead atoms. The third-order valence-electron chi connectivity index (χ3n) is 3.70.